The number of piperidine rings is 1. The number of rotatable bonds is 5. The standard InChI is InChI=1S/C27H29F3N4O2/c1-16-14-33(15-31-16)23-6-5-18(13-24(23)36-3)20-7-9-32-27(20)8-4-10-34(26(27)35)17(2)19-11-21(28)25(30)22(29)12-19/h5-6,11-15,17,20,32H,4,7-10H2,1-3H3/t17-,20?,27?/m0/s1. The first-order valence-corrected chi connectivity index (χ1v) is 12.1. The first kappa shape index (κ1) is 24.4. The van der Waals surface area contributed by atoms with E-state index in [-0.39, 0.29) is 17.4 Å². The lowest BCUT2D eigenvalue weighted by molar-refractivity contribution is -0.144. The molecule has 6 nitrogen and oxygen atoms in total. The predicted octanol–water partition coefficient (Wildman–Crippen LogP) is 4.81. The number of imidazole rings is 1. The molecule has 3 atom stereocenters. The molecule has 3 heterocycles. The van der Waals surface area contributed by atoms with Crippen LogP contribution in [0.15, 0.2) is 42.9 Å². The first-order chi connectivity index (χ1) is 17.2. The van der Waals surface area contributed by atoms with Crippen molar-refractivity contribution in [2.24, 2.45) is 0 Å². The summed E-state index contributed by atoms with van der Waals surface area (Å²) in [5.41, 5.74) is 2.13. The van der Waals surface area contributed by atoms with Crippen LogP contribution < -0.4 is 10.1 Å². The number of methoxy groups -OCH3 is 1. The highest BCUT2D eigenvalue weighted by Crippen LogP contribution is 2.45. The van der Waals surface area contributed by atoms with Crippen LogP contribution in [0, 0.1) is 24.4 Å². The van der Waals surface area contributed by atoms with E-state index in [1.807, 2.05) is 35.9 Å². The molecule has 36 heavy (non-hydrogen) atoms. The van der Waals surface area contributed by atoms with Gasteiger partial charge in [-0.2, -0.15) is 0 Å². The maximum atomic E-state index is 14.0. The number of benzene rings is 2. The fraction of sp³-hybridized carbons (Fsp3) is 0.407. The summed E-state index contributed by atoms with van der Waals surface area (Å²) in [6, 6.07) is 7.30. The minimum atomic E-state index is -1.51. The van der Waals surface area contributed by atoms with Gasteiger partial charge in [-0.25, -0.2) is 18.2 Å². The van der Waals surface area contributed by atoms with Crippen molar-refractivity contribution in [1.82, 2.24) is 19.8 Å². The molecule has 1 amide bonds. The van der Waals surface area contributed by atoms with Crippen molar-refractivity contribution in [3.8, 4) is 11.4 Å². The van der Waals surface area contributed by atoms with Gasteiger partial charge in [0.15, 0.2) is 17.5 Å². The molecule has 2 aromatic carbocycles. The smallest absolute Gasteiger partial charge is 0.244 e. The zero-order valence-electron chi connectivity index (χ0n) is 20.5. The molecule has 2 saturated heterocycles. The van der Waals surface area contributed by atoms with Gasteiger partial charge in [0.05, 0.1) is 30.9 Å². The van der Waals surface area contributed by atoms with Crippen LogP contribution in [0.2, 0.25) is 0 Å². The number of hydrogen-bond donors (Lipinski definition) is 1. The quantitative estimate of drug-likeness (QED) is 0.513. The van der Waals surface area contributed by atoms with Crippen molar-refractivity contribution in [2.45, 2.75) is 50.6 Å². The van der Waals surface area contributed by atoms with Crippen LogP contribution >= 0.6 is 0 Å². The third-order valence-electron chi connectivity index (χ3n) is 7.63. The second kappa shape index (κ2) is 9.28. The van der Waals surface area contributed by atoms with Crippen molar-refractivity contribution in [2.75, 3.05) is 20.2 Å². The van der Waals surface area contributed by atoms with Gasteiger partial charge in [0, 0.05) is 18.7 Å². The minimum absolute atomic E-state index is 0.103. The van der Waals surface area contributed by atoms with Crippen LogP contribution in [0.3, 0.4) is 0 Å². The Hall–Kier alpha value is -3.33. The summed E-state index contributed by atoms with van der Waals surface area (Å²) >= 11 is 0. The third-order valence-corrected chi connectivity index (χ3v) is 7.63. The van der Waals surface area contributed by atoms with Crippen LogP contribution in [-0.2, 0) is 4.79 Å². The highest BCUT2D eigenvalue weighted by molar-refractivity contribution is 5.89. The lowest BCUT2D eigenvalue weighted by atomic mass is 9.74. The van der Waals surface area contributed by atoms with E-state index in [9.17, 15) is 18.0 Å². The monoisotopic (exact) mass is 498 g/mol. The Kier molecular flexibility index (Phi) is 6.28. The topological polar surface area (TPSA) is 59.4 Å². The Morgan fingerprint density at radius 3 is 2.61 bits per heavy atom. The Labute approximate surface area is 208 Å². The number of nitrogens with one attached hydrogen (secondary N) is 1. The van der Waals surface area contributed by atoms with Gasteiger partial charge in [0.1, 0.15) is 11.3 Å². The van der Waals surface area contributed by atoms with E-state index in [0.29, 0.717) is 25.3 Å². The van der Waals surface area contributed by atoms with E-state index in [1.165, 1.54) is 0 Å². The Morgan fingerprint density at radius 2 is 1.94 bits per heavy atom. The molecule has 3 aromatic rings. The van der Waals surface area contributed by atoms with E-state index in [2.05, 4.69) is 10.3 Å². The number of aryl methyl sites for hydroxylation is 1. The molecule has 9 heteroatoms. The van der Waals surface area contributed by atoms with Gasteiger partial charge in [-0.15, -0.1) is 0 Å². The van der Waals surface area contributed by atoms with Crippen LogP contribution in [0.1, 0.15) is 55.0 Å². The maximum Gasteiger partial charge on any atom is 0.244 e. The molecule has 1 spiro atoms. The van der Waals surface area contributed by atoms with E-state index in [4.69, 9.17) is 4.74 Å². The van der Waals surface area contributed by atoms with Crippen molar-refractivity contribution in [1.29, 1.82) is 0 Å². The number of hydrogen-bond acceptors (Lipinski definition) is 4. The Balaban J connectivity index is 1.47. The number of ether oxygens (including phenoxy) is 1. The van der Waals surface area contributed by atoms with E-state index < -0.39 is 29.0 Å². The number of nitrogens with zero attached hydrogens (tertiary/aromatic N) is 3. The zero-order valence-corrected chi connectivity index (χ0v) is 20.5. The first-order valence-electron chi connectivity index (χ1n) is 12.1. The van der Waals surface area contributed by atoms with Crippen LogP contribution in [0.5, 0.6) is 5.75 Å². The average Bonchev–Trinajstić information content (AvgIpc) is 3.50. The molecule has 0 radical (unpaired) electrons. The lowest BCUT2D eigenvalue weighted by Crippen LogP contribution is -2.61. The largest absolute Gasteiger partial charge is 0.495 e. The van der Waals surface area contributed by atoms with Crippen molar-refractivity contribution in [3.63, 3.8) is 0 Å². The van der Waals surface area contributed by atoms with E-state index in [1.54, 1.807) is 25.3 Å². The fourth-order valence-corrected chi connectivity index (χ4v) is 5.78. The molecule has 2 aliphatic heterocycles. The van der Waals surface area contributed by atoms with Gasteiger partial charge in [-0.05, 0) is 75.0 Å². The summed E-state index contributed by atoms with van der Waals surface area (Å²) in [5.74, 6) is -3.55. The van der Waals surface area contributed by atoms with Gasteiger partial charge in [0.25, 0.3) is 0 Å². The van der Waals surface area contributed by atoms with Gasteiger partial charge in [-0.3, -0.25) is 4.79 Å². The molecule has 5 rings (SSSR count). The normalized spacial score (nSPS) is 22.9. The highest BCUT2D eigenvalue weighted by Gasteiger charge is 2.53. The molecule has 1 aromatic heterocycles. The number of carbonyl (C=O) groups is 1. The average molecular weight is 499 g/mol. The second-order valence-electron chi connectivity index (χ2n) is 9.67. The molecule has 0 aliphatic carbocycles. The number of amides is 1. The number of carbonyl (C=O) groups excluding carboxylic acids is 1. The van der Waals surface area contributed by atoms with Gasteiger partial charge in [-0.1, -0.05) is 6.07 Å². The lowest BCUT2D eigenvalue weighted by Gasteiger charge is -2.45. The SMILES string of the molecule is COc1cc(C2CCNC23CCCN([C@@H](C)c2cc(F)c(F)c(F)c2)C3=O)ccc1-n1cnc(C)c1. The van der Waals surface area contributed by atoms with Crippen LogP contribution in [0.4, 0.5) is 13.2 Å². The molecular formula is C27H29F3N4O2. The van der Waals surface area contributed by atoms with E-state index >= 15 is 0 Å². The summed E-state index contributed by atoms with van der Waals surface area (Å²) in [7, 11) is 1.62. The molecule has 2 unspecified atom stereocenters. The number of aromatic nitrogens is 2. The summed E-state index contributed by atoms with van der Waals surface area (Å²) in [5, 5.41) is 3.47. The van der Waals surface area contributed by atoms with Gasteiger partial charge < -0.3 is 19.5 Å². The highest BCUT2D eigenvalue weighted by atomic mass is 19.2. The fourth-order valence-electron chi connectivity index (χ4n) is 5.78. The van der Waals surface area contributed by atoms with Crippen LogP contribution in [-0.4, -0.2) is 46.1 Å². The second-order valence-corrected chi connectivity index (χ2v) is 9.67. The van der Waals surface area contributed by atoms with Crippen molar-refractivity contribution >= 4 is 5.91 Å². The summed E-state index contributed by atoms with van der Waals surface area (Å²) in [6.45, 7) is 4.77. The summed E-state index contributed by atoms with van der Waals surface area (Å²) < 4.78 is 49.0. The van der Waals surface area contributed by atoms with Gasteiger partial charge >= 0.3 is 0 Å². The summed E-state index contributed by atoms with van der Waals surface area (Å²) in [6.07, 6.45) is 5.80. The van der Waals surface area contributed by atoms with Gasteiger partial charge in [0.2, 0.25) is 5.91 Å². The minimum Gasteiger partial charge on any atom is -0.495 e. The molecule has 190 valence electrons. The molecule has 2 aliphatic rings. The molecule has 0 bridgehead atoms. The summed E-state index contributed by atoms with van der Waals surface area (Å²) in [4.78, 5) is 19.9. The predicted molar refractivity (Wildman–Crippen MR) is 129 cm³/mol. The van der Waals surface area contributed by atoms with E-state index in [0.717, 1.165) is 41.9 Å². The Morgan fingerprint density at radius 1 is 1.19 bits per heavy atom. The molecular weight excluding hydrogens is 469 g/mol. The molecule has 2 fully saturated rings. The zero-order chi connectivity index (χ0) is 25.6. The Bertz CT molecular complexity index is 1290. The number of likely N-dealkylation sites (tertiary alicyclic amines) is 1. The third kappa shape index (κ3) is 3.95. The van der Waals surface area contributed by atoms with Crippen molar-refractivity contribution < 1.29 is 22.7 Å². The number of halogens is 3. The molecule has 1 N–H and O–H groups in total. The van der Waals surface area contributed by atoms with Crippen molar-refractivity contribution in [3.05, 3.63) is 77.1 Å². The maximum absolute atomic E-state index is 14.0. The van der Waals surface area contributed by atoms with Crippen LogP contribution in [0.25, 0.3) is 5.69 Å². The molecule has 0 saturated carbocycles.